The number of pyridine rings is 1. The molecule has 2 N–H and O–H groups in total. The van der Waals surface area contributed by atoms with Crippen molar-refractivity contribution >= 4 is 18.9 Å². The van der Waals surface area contributed by atoms with Gasteiger partial charge in [-0.15, -0.1) is 0 Å². The van der Waals surface area contributed by atoms with Crippen molar-refractivity contribution in [3.63, 3.8) is 0 Å². The third-order valence-electron chi connectivity index (χ3n) is 3.78. The first-order chi connectivity index (χ1) is 10.7. The molecule has 2 aromatic rings. The molecule has 1 aromatic carbocycles. The fraction of sp³-hybridized carbons (Fsp3) is 0.250. The first-order valence-electron chi connectivity index (χ1n) is 7.21. The highest BCUT2D eigenvalue weighted by Crippen LogP contribution is 2.41. The maximum Gasteiger partial charge on any atom is 0.489 e. The van der Waals surface area contributed by atoms with Gasteiger partial charge in [-0.1, -0.05) is 12.1 Å². The molecular formula is C16H16BNO4. The third-order valence-corrected chi connectivity index (χ3v) is 3.78. The van der Waals surface area contributed by atoms with Crippen LogP contribution in [-0.2, 0) is 6.61 Å². The van der Waals surface area contributed by atoms with E-state index in [0.717, 1.165) is 5.69 Å². The normalized spacial score (nSPS) is 13.7. The van der Waals surface area contributed by atoms with Crippen molar-refractivity contribution in [2.75, 3.05) is 0 Å². The average molecular weight is 297 g/mol. The van der Waals surface area contributed by atoms with E-state index < -0.39 is 7.12 Å². The highest BCUT2D eigenvalue weighted by molar-refractivity contribution is 6.60. The number of hydrogen-bond acceptors (Lipinski definition) is 5. The molecule has 1 heterocycles. The Balaban J connectivity index is 1.75. The molecule has 3 rings (SSSR count). The molecule has 22 heavy (non-hydrogen) atoms. The molecule has 0 unspecified atom stereocenters. The molecule has 0 bridgehead atoms. The van der Waals surface area contributed by atoms with Gasteiger partial charge in [0.1, 0.15) is 18.6 Å². The van der Waals surface area contributed by atoms with E-state index in [2.05, 4.69) is 11.1 Å². The van der Waals surface area contributed by atoms with Crippen molar-refractivity contribution in [3.05, 3.63) is 53.3 Å². The van der Waals surface area contributed by atoms with Crippen LogP contribution in [0.15, 0.2) is 36.5 Å². The van der Waals surface area contributed by atoms with E-state index in [1.54, 1.807) is 12.3 Å². The van der Waals surface area contributed by atoms with Gasteiger partial charge in [-0.05, 0) is 48.0 Å². The molecular weight excluding hydrogens is 281 g/mol. The Hall–Kier alpha value is -2.18. The molecule has 1 aliphatic carbocycles. The molecule has 0 amide bonds. The van der Waals surface area contributed by atoms with E-state index >= 15 is 0 Å². The molecule has 112 valence electrons. The van der Waals surface area contributed by atoms with Crippen LogP contribution in [0.25, 0.3) is 0 Å². The second-order valence-electron chi connectivity index (χ2n) is 5.38. The summed E-state index contributed by atoms with van der Waals surface area (Å²) in [5.41, 5.74) is 2.50. The number of hydrogen-bond donors (Lipinski definition) is 2. The maximum atomic E-state index is 11.0. The second-order valence-corrected chi connectivity index (χ2v) is 5.38. The molecule has 1 fully saturated rings. The summed E-state index contributed by atoms with van der Waals surface area (Å²) in [5, 5.41) is 18.4. The van der Waals surface area contributed by atoms with Crippen molar-refractivity contribution in [2.45, 2.75) is 25.4 Å². The number of carbonyl (C=O) groups excluding carboxylic acids is 1. The van der Waals surface area contributed by atoms with Gasteiger partial charge in [-0.3, -0.25) is 9.78 Å². The molecule has 1 saturated carbocycles. The lowest BCUT2D eigenvalue weighted by Gasteiger charge is -2.11. The Kier molecular flexibility index (Phi) is 4.22. The van der Waals surface area contributed by atoms with Gasteiger partial charge in [0.2, 0.25) is 0 Å². The van der Waals surface area contributed by atoms with Crippen LogP contribution in [0.5, 0.6) is 5.75 Å². The molecule has 6 heteroatoms. The zero-order valence-corrected chi connectivity index (χ0v) is 12.0. The number of rotatable bonds is 6. The van der Waals surface area contributed by atoms with Gasteiger partial charge in [0.05, 0.1) is 5.69 Å². The summed E-state index contributed by atoms with van der Waals surface area (Å²) in [6.45, 7) is 0.325. The van der Waals surface area contributed by atoms with Crippen molar-refractivity contribution in [1.82, 2.24) is 4.98 Å². The van der Waals surface area contributed by atoms with Crippen LogP contribution in [0.3, 0.4) is 0 Å². The van der Waals surface area contributed by atoms with E-state index in [1.807, 2.05) is 6.07 Å². The van der Waals surface area contributed by atoms with Crippen LogP contribution in [0.4, 0.5) is 0 Å². The van der Waals surface area contributed by atoms with Crippen molar-refractivity contribution in [1.29, 1.82) is 0 Å². The van der Waals surface area contributed by atoms with Crippen molar-refractivity contribution in [2.24, 2.45) is 0 Å². The average Bonchev–Trinajstić information content (AvgIpc) is 3.37. The SMILES string of the molecule is O=Cc1cc(OCc2ncccc2C2CC2)ccc1B(O)O. The number of aldehydes is 1. The number of aromatic nitrogens is 1. The summed E-state index contributed by atoms with van der Waals surface area (Å²) in [6, 6.07) is 8.59. The Morgan fingerprint density at radius 1 is 1.32 bits per heavy atom. The highest BCUT2D eigenvalue weighted by Gasteiger charge is 2.26. The number of benzene rings is 1. The Morgan fingerprint density at radius 3 is 2.82 bits per heavy atom. The molecule has 0 spiro atoms. The zero-order valence-electron chi connectivity index (χ0n) is 12.0. The molecule has 5 nitrogen and oxygen atoms in total. The van der Waals surface area contributed by atoms with Crippen LogP contribution in [0.2, 0.25) is 0 Å². The van der Waals surface area contributed by atoms with Gasteiger partial charge < -0.3 is 14.8 Å². The lowest BCUT2D eigenvalue weighted by atomic mass is 9.77. The summed E-state index contributed by atoms with van der Waals surface area (Å²) >= 11 is 0. The van der Waals surface area contributed by atoms with Gasteiger partial charge in [0.25, 0.3) is 0 Å². The van der Waals surface area contributed by atoms with Crippen LogP contribution in [0, 0.1) is 0 Å². The standard InChI is InChI=1S/C16H16BNO4/c19-9-12-8-13(5-6-15(12)17(20)21)22-10-16-14(11-3-4-11)2-1-7-18-16/h1-2,5-9,11,20-21H,3-4,10H2. The first-order valence-corrected chi connectivity index (χ1v) is 7.21. The quantitative estimate of drug-likeness (QED) is 0.615. The molecule has 0 radical (unpaired) electrons. The van der Waals surface area contributed by atoms with Crippen LogP contribution >= 0.6 is 0 Å². The number of ether oxygens (including phenoxy) is 1. The first kappa shape index (κ1) is 14.7. The van der Waals surface area contributed by atoms with Crippen LogP contribution < -0.4 is 10.2 Å². The molecule has 0 atom stereocenters. The molecule has 0 saturated heterocycles. The fourth-order valence-electron chi connectivity index (χ4n) is 2.47. The van der Waals surface area contributed by atoms with E-state index in [9.17, 15) is 14.8 Å². The van der Waals surface area contributed by atoms with E-state index in [0.29, 0.717) is 24.6 Å². The van der Waals surface area contributed by atoms with Gasteiger partial charge in [0.15, 0.2) is 0 Å². The van der Waals surface area contributed by atoms with Crippen molar-refractivity contribution in [3.8, 4) is 5.75 Å². The van der Waals surface area contributed by atoms with Crippen molar-refractivity contribution < 1.29 is 19.6 Å². The van der Waals surface area contributed by atoms with E-state index in [4.69, 9.17) is 4.74 Å². The van der Waals surface area contributed by atoms with Gasteiger partial charge in [-0.25, -0.2) is 0 Å². The Labute approximate surface area is 128 Å². The number of carbonyl (C=O) groups is 1. The monoisotopic (exact) mass is 297 g/mol. The summed E-state index contributed by atoms with van der Waals surface area (Å²) < 4.78 is 5.70. The smallest absolute Gasteiger partial charge is 0.487 e. The highest BCUT2D eigenvalue weighted by atomic mass is 16.5. The molecule has 0 aliphatic heterocycles. The summed E-state index contributed by atoms with van der Waals surface area (Å²) in [6.07, 6.45) is 4.71. The van der Waals surface area contributed by atoms with E-state index in [-0.39, 0.29) is 11.0 Å². The zero-order chi connectivity index (χ0) is 15.5. The fourth-order valence-corrected chi connectivity index (χ4v) is 2.47. The van der Waals surface area contributed by atoms with Gasteiger partial charge in [0, 0.05) is 11.8 Å². The molecule has 1 aromatic heterocycles. The summed E-state index contributed by atoms with van der Waals surface area (Å²) in [5.74, 6) is 1.09. The minimum atomic E-state index is -1.67. The Morgan fingerprint density at radius 2 is 2.14 bits per heavy atom. The van der Waals surface area contributed by atoms with Crippen LogP contribution in [-0.4, -0.2) is 28.4 Å². The van der Waals surface area contributed by atoms with Gasteiger partial charge in [-0.2, -0.15) is 0 Å². The second kappa shape index (κ2) is 6.29. The summed E-state index contributed by atoms with van der Waals surface area (Å²) in [4.78, 5) is 15.4. The number of nitrogens with zero attached hydrogens (tertiary/aromatic N) is 1. The van der Waals surface area contributed by atoms with E-state index in [1.165, 1.54) is 30.5 Å². The lowest BCUT2D eigenvalue weighted by Crippen LogP contribution is -2.32. The van der Waals surface area contributed by atoms with Gasteiger partial charge >= 0.3 is 7.12 Å². The predicted molar refractivity (Wildman–Crippen MR) is 82.2 cm³/mol. The molecule has 1 aliphatic rings. The largest absolute Gasteiger partial charge is 0.489 e. The third kappa shape index (κ3) is 3.18. The maximum absolute atomic E-state index is 11.0. The topological polar surface area (TPSA) is 79.7 Å². The van der Waals surface area contributed by atoms with Crippen LogP contribution in [0.1, 0.15) is 40.4 Å². The predicted octanol–water partition coefficient (Wildman–Crippen LogP) is 1.03. The summed E-state index contributed by atoms with van der Waals surface area (Å²) in [7, 11) is -1.67. The lowest BCUT2D eigenvalue weighted by molar-refractivity contribution is 0.112. The minimum Gasteiger partial charge on any atom is -0.487 e. The Bertz CT molecular complexity index is 686. The minimum absolute atomic E-state index is 0.166.